The van der Waals surface area contributed by atoms with E-state index in [1.54, 1.807) is 29.2 Å². The Morgan fingerprint density at radius 2 is 2.20 bits per heavy atom. The zero-order valence-corrected chi connectivity index (χ0v) is 13.4. The lowest BCUT2D eigenvalue weighted by Gasteiger charge is -2.30. The molecule has 3 heterocycles. The highest BCUT2D eigenvalue weighted by Crippen LogP contribution is 2.28. The first-order chi connectivity index (χ1) is 12.2. The molecule has 1 atom stereocenters. The van der Waals surface area contributed by atoms with E-state index in [1.807, 2.05) is 0 Å². The van der Waals surface area contributed by atoms with Gasteiger partial charge in [-0.25, -0.2) is 4.39 Å². The molecule has 1 aliphatic rings. The maximum atomic E-state index is 13.3. The van der Waals surface area contributed by atoms with Gasteiger partial charge >= 0.3 is 0 Å². The van der Waals surface area contributed by atoms with Gasteiger partial charge in [0, 0.05) is 18.7 Å². The smallest absolute Gasteiger partial charge is 0.289 e. The number of hydrogen-bond donors (Lipinski definition) is 0. The third-order valence-corrected chi connectivity index (χ3v) is 4.31. The molecule has 2 aromatic heterocycles. The fraction of sp³-hybridized carbons (Fsp3) is 0.278. The number of nitrogens with zero attached hydrogens (tertiary/aromatic N) is 3. The van der Waals surface area contributed by atoms with E-state index in [0.29, 0.717) is 36.1 Å². The number of carbonyl (C=O) groups excluding carboxylic acids is 1. The predicted molar refractivity (Wildman–Crippen MR) is 86.3 cm³/mol. The normalized spacial score (nSPS) is 17.6. The van der Waals surface area contributed by atoms with Gasteiger partial charge < -0.3 is 13.8 Å². The van der Waals surface area contributed by atoms with Crippen LogP contribution in [0.3, 0.4) is 0 Å². The van der Waals surface area contributed by atoms with Crippen LogP contribution in [0.25, 0.3) is 11.4 Å². The first-order valence-corrected chi connectivity index (χ1v) is 8.13. The van der Waals surface area contributed by atoms with Crippen molar-refractivity contribution in [3.8, 4) is 11.4 Å². The Hall–Kier alpha value is -2.96. The Labute approximate surface area is 143 Å². The zero-order valence-electron chi connectivity index (χ0n) is 13.4. The molecule has 0 spiro atoms. The maximum Gasteiger partial charge on any atom is 0.289 e. The van der Waals surface area contributed by atoms with Gasteiger partial charge in [-0.3, -0.25) is 4.79 Å². The van der Waals surface area contributed by atoms with Gasteiger partial charge in [-0.05, 0) is 37.1 Å². The molecule has 7 heteroatoms. The lowest BCUT2D eigenvalue weighted by molar-refractivity contribution is 0.0663. The highest BCUT2D eigenvalue weighted by atomic mass is 19.1. The van der Waals surface area contributed by atoms with Crippen LogP contribution in [-0.2, 0) is 0 Å². The van der Waals surface area contributed by atoms with Crippen molar-refractivity contribution in [3.05, 3.63) is 60.1 Å². The van der Waals surface area contributed by atoms with Crippen LogP contribution in [0.5, 0.6) is 0 Å². The molecule has 0 N–H and O–H groups in total. The number of amides is 1. The summed E-state index contributed by atoms with van der Waals surface area (Å²) in [6.07, 6.45) is 3.18. The number of furan rings is 1. The minimum absolute atomic E-state index is 0.0394. The summed E-state index contributed by atoms with van der Waals surface area (Å²) in [5, 5.41) is 3.95. The number of piperidine rings is 1. The van der Waals surface area contributed by atoms with E-state index < -0.39 is 0 Å². The molecule has 1 aliphatic heterocycles. The standard InChI is InChI=1S/C18H16FN3O3/c19-14-6-1-4-12(10-14)16-20-17(25-21-16)13-5-2-8-22(11-13)18(23)15-7-3-9-24-15/h1,3-4,6-7,9-10,13H,2,5,8,11H2/t13-/m1/s1. The van der Waals surface area contributed by atoms with Crippen molar-refractivity contribution in [1.82, 2.24) is 15.0 Å². The first-order valence-electron chi connectivity index (χ1n) is 8.13. The summed E-state index contributed by atoms with van der Waals surface area (Å²) >= 11 is 0. The van der Waals surface area contributed by atoms with Crippen molar-refractivity contribution in [1.29, 1.82) is 0 Å². The quantitative estimate of drug-likeness (QED) is 0.729. The zero-order chi connectivity index (χ0) is 17.2. The van der Waals surface area contributed by atoms with E-state index in [9.17, 15) is 9.18 Å². The van der Waals surface area contributed by atoms with E-state index in [-0.39, 0.29) is 17.6 Å². The van der Waals surface area contributed by atoms with E-state index in [4.69, 9.17) is 8.94 Å². The number of halogens is 1. The Kier molecular flexibility index (Phi) is 4.05. The number of likely N-dealkylation sites (tertiary alicyclic amines) is 1. The molecule has 0 saturated carbocycles. The highest BCUT2D eigenvalue weighted by Gasteiger charge is 2.30. The second kappa shape index (κ2) is 6.51. The molecule has 4 rings (SSSR count). The Morgan fingerprint density at radius 1 is 1.28 bits per heavy atom. The monoisotopic (exact) mass is 341 g/mol. The second-order valence-electron chi connectivity index (χ2n) is 6.03. The van der Waals surface area contributed by atoms with Crippen LogP contribution in [-0.4, -0.2) is 34.0 Å². The number of aromatic nitrogens is 2. The van der Waals surface area contributed by atoms with Crippen molar-refractivity contribution in [2.24, 2.45) is 0 Å². The molecule has 0 radical (unpaired) electrons. The molecule has 1 amide bonds. The SMILES string of the molecule is O=C(c1ccco1)N1CCC[C@@H](c2nc(-c3cccc(F)c3)no2)C1. The van der Waals surface area contributed by atoms with Crippen LogP contribution >= 0.6 is 0 Å². The van der Waals surface area contributed by atoms with Gasteiger partial charge in [-0.1, -0.05) is 17.3 Å². The molecule has 1 aromatic carbocycles. The molecular weight excluding hydrogens is 325 g/mol. The molecule has 3 aromatic rings. The van der Waals surface area contributed by atoms with Crippen LogP contribution in [0.1, 0.15) is 35.2 Å². The van der Waals surface area contributed by atoms with Crippen LogP contribution in [0.2, 0.25) is 0 Å². The number of rotatable bonds is 3. The minimum atomic E-state index is -0.350. The molecule has 0 aliphatic carbocycles. The molecular formula is C18H16FN3O3. The Balaban J connectivity index is 1.51. The largest absolute Gasteiger partial charge is 0.459 e. The Bertz CT molecular complexity index is 875. The summed E-state index contributed by atoms with van der Waals surface area (Å²) in [4.78, 5) is 18.6. The van der Waals surface area contributed by atoms with Gasteiger partial charge in [0.05, 0.1) is 12.2 Å². The average Bonchev–Trinajstić information content (AvgIpc) is 3.33. The van der Waals surface area contributed by atoms with E-state index in [2.05, 4.69) is 10.1 Å². The van der Waals surface area contributed by atoms with E-state index in [1.165, 1.54) is 18.4 Å². The minimum Gasteiger partial charge on any atom is -0.459 e. The summed E-state index contributed by atoms with van der Waals surface area (Å²) in [6.45, 7) is 1.16. The van der Waals surface area contributed by atoms with Crippen molar-refractivity contribution >= 4 is 5.91 Å². The maximum absolute atomic E-state index is 13.3. The average molecular weight is 341 g/mol. The van der Waals surface area contributed by atoms with Crippen molar-refractivity contribution in [2.75, 3.05) is 13.1 Å². The highest BCUT2D eigenvalue weighted by molar-refractivity contribution is 5.91. The molecule has 128 valence electrons. The number of hydrogen-bond acceptors (Lipinski definition) is 5. The number of benzene rings is 1. The van der Waals surface area contributed by atoms with Gasteiger partial charge in [0.2, 0.25) is 11.7 Å². The summed E-state index contributed by atoms with van der Waals surface area (Å²) < 4.78 is 23.9. The second-order valence-corrected chi connectivity index (χ2v) is 6.03. The third kappa shape index (κ3) is 3.17. The number of carbonyl (C=O) groups is 1. The van der Waals surface area contributed by atoms with E-state index in [0.717, 1.165) is 12.8 Å². The van der Waals surface area contributed by atoms with Gasteiger partial charge in [0.1, 0.15) is 5.82 Å². The van der Waals surface area contributed by atoms with Gasteiger partial charge in [0.25, 0.3) is 5.91 Å². The molecule has 6 nitrogen and oxygen atoms in total. The van der Waals surface area contributed by atoms with Crippen molar-refractivity contribution in [2.45, 2.75) is 18.8 Å². The lowest BCUT2D eigenvalue weighted by Crippen LogP contribution is -2.39. The van der Waals surface area contributed by atoms with Gasteiger partial charge in [-0.15, -0.1) is 0 Å². The first kappa shape index (κ1) is 15.6. The topological polar surface area (TPSA) is 72.4 Å². The van der Waals surface area contributed by atoms with Crippen molar-refractivity contribution < 1.29 is 18.1 Å². The molecule has 1 saturated heterocycles. The van der Waals surface area contributed by atoms with E-state index >= 15 is 0 Å². The van der Waals surface area contributed by atoms with Gasteiger partial charge in [0.15, 0.2) is 5.76 Å². The molecule has 0 bridgehead atoms. The summed E-state index contributed by atoms with van der Waals surface area (Å²) in [5.74, 6) is 0.616. The lowest BCUT2D eigenvalue weighted by atomic mass is 9.97. The molecule has 0 unspecified atom stereocenters. The summed E-state index contributed by atoms with van der Waals surface area (Å²) in [7, 11) is 0. The summed E-state index contributed by atoms with van der Waals surface area (Å²) in [6, 6.07) is 9.40. The predicted octanol–water partition coefficient (Wildman–Crippen LogP) is 3.49. The van der Waals surface area contributed by atoms with Crippen LogP contribution in [0, 0.1) is 5.82 Å². The molecule has 1 fully saturated rings. The van der Waals surface area contributed by atoms with Crippen LogP contribution in [0.15, 0.2) is 51.6 Å². The van der Waals surface area contributed by atoms with Crippen LogP contribution in [0.4, 0.5) is 4.39 Å². The van der Waals surface area contributed by atoms with Gasteiger partial charge in [-0.2, -0.15) is 4.98 Å². The van der Waals surface area contributed by atoms with Crippen LogP contribution < -0.4 is 0 Å². The fourth-order valence-corrected chi connectivity index (χ4v) is 3.07. The third-order valence-electron chi connectivity index (χ3n) is 4.31. The van der Waals surface area contributed by atoms with Crippen molar-refractivity contribution in [3.63, 3.8) is 0 Å². The fourth-order valence-electron chi connectivity index (χ4n) is 3.07. The Morgan fingerprint density at radius 3 is 3.00 bits per heavy atom. The molecule has 25 heavy (non-hydrogen) atoms. The summed E-state index contributed by atoms with van der Waals surface area (Å²) in [5.41, 5.74) is 0.564.